The molecule has 0 bridgehead atoms. The number of benzene rings is 1. The molecule has 1 aromatic carbocycles. The van der Waals surface area contributed by atoms with Crippen LogP contribution >= 0.6 is 11.6 Å². The van der Waals surface area contributed by atoms with Crippen LogP contribution in [0.4, 0.5) is 4.79 Å². The van der Waals surface area contributed by atoms with Crippen molar-refractivity contribution < 1.29 is 14.6 Å². The Morgan fingerprint density at radius 1 is 1.27 bits per heavy atom. The third kappa shape index (κ3) is 5.42. The number of piperidine rings is 1. The van der Waals surface area contributed by atoms with Crippen LogP contribution in [-0.4, -0.2) is 47.1 Å². The number of fused-ring (bicyclic) bond motifs is 2. The molecule has 1 unspecified atom stereocenters. The summed E-state index contributed by atoms with van der Waals surface area (Å²) in [4.78, 5) is 19.3. The molecule has 0 spiro atoms. The average molecular weight is 469 g/mol. The van der Waals surface area contributed by atoms with Crippen molar-refractivity contribution in [2.45, 2.75) is 58.0 Å². The van der Waals surface area contributed by atoms with Crippen LogP contribution in [0.15, 0.2) is 52.7 Å². The summed E-state index contributed by atoms with van der Waals surface area (Å²) in [5.41, 5.74) is 5.08. The second kappa shape index (κ2) is 9.86. The molecular weight excluding hydrogens is 436 g/mol. The lowest BCUT2D eigenvalue weighted by atomic mass is 9.74. The second-order valence-corrected chi connectivity index (χ2v) is 10.4. The minimum Gasteiger partial charge on any atom is -0.444 e. The van der Waals surface area contributed by atoms with Gasteiger partial charge in [0.2, 0.25) is 0 Å². The van der Waals surface area contributed by atoms with Crippen LogP contribution in [0.25, 0.3) is 6.08 Å². The fourth-order valence-corrected chi connectivity index (χ4v) is 5.19. The van der Waals surface area contributed by atoms with Crippen LogP contribution < -0.4 is 0 Å². The highest BCUT2D eigenvalue weighted by Gasteiger charge is 2.37. The first-order valence-corrected chi connectivity index (χ1v) is 12.2. The molecule has 6 heteroatoms. The maximum Gasteiger partial charge on any atom is 0.410 e. The number of aliphatic hydroxyl groups excluding tert-OH is 1. The zero-order chi connectivity index (χ0) is 23.6. The normalized spacial score (nSPS) is 21.2. The summed E-state index contributed by atoms with van der Waals surface area (Å²) in [5.74, 6) is 0.429. The number of nitrogens with zero attached hydrogens (tertiary/aromatic N) is 2. The second-order valence-electron chi connectivity index (χ2n) is 9.95. The van der Waals surface area contributed by atoms with E-state index in [4.69, 9.17) is 21.3 Å². The maximum atomic E-state index is 12.6. The molecule has 176 valence electrons. The van der Waals surface area contributed by atoms with Gasteiger partial charge >= 0.3 is 6.09 Å². The van der Waals surface area contributed by atoms with Crippen molar-refractivity contribution in [1.82, 2.24) is 4.90 Å². The van der Waals surface area contributed by atoms with Gasteiger partial charge in [-0.15, -0.1) is 0 Å². The summed E-state index contributed by atoms with van der Waals surface area (Å²) in [6, 6.07) is 6.08. The average Bonchev–Trinajstić information content (AvgIpc) is 3.06. The predicted molar refractivity (Wildman–Crippen MR) is 134 cm³/mol. The van der Waals surface area contributed by atoms with Gasteiger partial charge in [0.05, 0.1) is 5.71 Å². The Balaban J connectivity index is 1.67. The fourth-order valence-electron chi connectivity index (χ4n) is 5.01. The summed E-state index contributed by atoms with van der Waals surface area (Å²) in [7, 11) is 0. The van der Waals surface area contributed by atoms with Gasteiger partial charge in [0.1, 0.15) is 5.60 Å². The zero-order valence-corrected chi connectivity index (χ0v) is 20.4. The van der Waals surface area contributed by atoms with E-state index in [-0.39, 0.29) is 18.6 Å². The molecule has 1 amide bonds. The lowest BCUT2D eigenvalue weighted by Crippen LogP contribution is -2.43. The molecule has 1 aromatic rings. The number of amides is 1. The molecule has 2 heterocycles. The van der Waals surface area contributed by atoms with Crippen LogP contribution in [0, 0.1) is 5.92 Å². The predicted octanol–water partition coefficient (Wildman–Crippen LogP) is 6.13. The minimum absolute atomic E-state index is 0.0821. The summed E-state index contributed by atoms with van der Waals surface area (Å²) < 4.78 is 5.59. The van der Waals surface area contributed by atoms with E-state index >= 15 is 0 Å². The van der Waals surface area contributed by atoms with Gasteiger partial charge in [-0.3, -0.25) is 4.99 Å². The van der Waals surface area contributed by atoms with Gasteiger partial charge in [0.15, 0.2) is 0 Å². The van der Waals surface area contributed by atoms with E-state index in [9.17, 15) is 9.90 Å². The van der Waals surface area contributed by atoms with Gasteiger partial charge in [0, 0.05) is 36.8 Å². The highest BCUT2D eigenvalue weighted by atomic mass is 35.5. The number of hydrogen-bond donors (Lipinski definition) is 1. The van der Waals surface area contributed by atoms with E-state index in [1.165, 1.54) is 5.56 Å². The maximum absolute atomic E-state index is 12.6. The molecule has 0 aromatic heterocycles. The lowest BCUT2D eigenvalue weighted by Gasteiger charge is -2.37. The van der Waals surface area contributed by atoms with E-state index in [1.54, 1.807) is 0 Å². The number of halogens is 1. The van der Waals surface area contributed by atoms with Crippen LogP contribution in [0.1, 0.15) is 63.5 Å². The number of aliphatic imine (C=N–C) groups is 1. The SMILES string of the molecule is CC(C)(C)OC(=O)N1CCC(C2C3=NC=CCC=C3C(CCO)=Cc3cc(Cl)ccc32)CC1. The molecule has 1 aliphatic carbocycles. The number of allylic oxidation sites excluding steroid dienone is 3. The Kier molecular flexibility index (Phi) is 7.10. The number of carbonyl (C=O) groups excluding carboxylic acids is 1. The first-order valence-electron chi connectivity index (χ1n) is 11.8. The van der Waals surface area contributed by atoms with Crippen molar-refractivity contribution in [2.24, 2.45) is 10.9 Å². The van der Waals surface area contributed by atoms with Crippen molar-refractivity contribution in [1.29, 1.82) is 0 Å². The molecule has 1 fully saturated rings. The Morgan fingerprint density at radius 3 is 2.73 bits per heavy atom. The number of likely N-dealkylation sites (tertiary alicyclic amines) is 1. The topological polar surface area (TPSA) is 62.1 Å². The lowest BCUT2D eigenvalue weighted by molar-refractivity contribution is 0.0181. The van der Waals surface area contributed by atoms with Crippen LogP contribution in [0.5, 0.6) is 0 Å². The Hall–Kier alpha value is -2.37. The molecule has 3 aliphatic rings. The molecule has 5 nitrogen and oxygen atoms in total. The molecular formula is C27H33ClN2O3. The van der Waals surface area contributed by atoms with Crippen molar-refractivity contribution in [3.8, 4) is 0 Å². The molecule has 0 radical (unpaired) electrons. The number of carbonyl (C=O) groups is 1. The first kappa shape index (κ1) is 23.8. The minimum atomic E-state index is -0.497. The molecule has 2 aliphatic heterocycles. The van der Waals surface area contributed by atoms with Gasteiger partial charge in [-0.25, -0.2) is 4.79 Å². The van der Waals surface area contributed by atoms with Crippen molar-refractivity contribution in [3.63, 3.8) is 0 Å². The Labute approximate surface area is 201 Å². The quantitative estimate of drug-likeness (QED) is 0.579. The highest BCUT2D eigenvalue weighted by molar-refractivity contribution is 6.30. The van der Waals surface area contributed by atoms with Gasteiger partial charge < -0.3 is 14.7 Å². The fraction of sp³-hybridized carbons (Fsp3) is 0.481. The van der Waals surface area contributed by atoms with E-state index in [0.717, 1.165) is 41.7 Å². The van der Waals surface area contributed by atoms with Crippen molar-refractivity contribution >= 4 is 29.5 Å². The summed E-state index contributed by atoms with van der Waals surface area (Å²) >= 11 is 6.38. The monoisotopic (exact) mass is 468 g/mol. The molecule has 33 heavy (non-hydrogen) atoms. The van der Waals surface area contributed by atoms with Crippen molar-refractivity contribution in [2.75, 3.05) is 19.7 Å². The van der Waals surface area contributed by atoms with Gasteiger partial charge in [-0.1, -0.05) is 35.9 Å². The van der Waals surface area contributed by atoms with Gasteiger partial charge in [-0.05, 0) is 86.8 Å². The smallest absolute Gasteiger partial charge is 0.410 e. The van der Waals surface area contributed by atoms with E-state index < -0.39 is 5.60 Å². The number of hydrogen-bond acceptors (Lipinski definition) is 4. The standard InChI is InChI=1S/C27H33ClN2O3/c1-27(2,3)33-26(32)30-13-9-18(10-14-30)24-22-8-7-21(28)17-20(22)16-19(11-15-31)23-6-4-5-12-29-25(23)24/h5-8,12,16-18,24,31H,4,9-11,13-15H2,1-3H3. The molecule has 1 saturated heterocycles. The Morgan fingerprint density at radius 2 is 2.03 bits per heavy atom. The molecule has 0 saturated carbocycles. The van der Waals surface area contributed by atoms with E-state index in [2.05, 4.69) is 24.3 Å². The molecule has 4 rings (SSSR count). The number of aliphatic hydroxyl groups is 1. The zero-order valence-electron chi connectivity index (χ0n) is 19.7. The number of rotatable bonds is 3. The van der Waals surface area contributed by atoms with Crippen molar-refractivity contribution in [3.05, 3.63) is 63.8 Å². The summed E-state index contributed by atoms with van der Waals surface area (Å²) in [5, 5.41) is 10.4. The summed E-state index contributed by atoms with van der Waals surface area (Å²) in [6.07, 6.45) is 11.2. The van der Waals surface area contributed by atoms with E-state index in [0.29, 0.717) is 30.5 Å². The number of ether oxygens (including phenoxy) is 1. The highest BCUT2D eigenvalue weighted by Crippen LogP contribution is 2.43. The summed E-state index contributed by atoms with van der Waals surface area (Å²) in [6.45, 7) is 7.10. The van der Waals surface area contributed by atoms with Crippen LogP contribution in [0.2, 0.25) is 5.02 Å². The van der Waals surface area contributed by atoms with E-state index in [1.807, 2.05) is 44.0 Å². The third-order valence-corrected chi connectivity index (χ3v) is 6.69. The Bertz CT molecular complexity index is 1020. The van der Waals surface area contributed by atoms with Gasteiger partial charge in [-0.2, -0.15) is 0 Å². The first-order chi connectivity index (χ1) is 15.8. The largest absolute Gasteiger partial charge is 0.444 e. The van der Waals surface area contributed by atoms with Crippen LogP contribution in [-0.2, 0) is 4.74 Å². The van der Waals surface area contributed by atoms with Crippen LogP contribution in [0.3, 0.4) is 0 Å². The third-order valence-electron chi connectivity index (χ3n) is 6.45. The molecule has 1 atom stereocenters. The van der Waals surface area contributed by atoms with Gasteiger partial charge in [0.25, 0.3) is 0 Å². The molecule has 1 N–H and O–H groups in total.